The van der Waals surface area contributed by atoms with Gasteiger partial charge < -0.3 is 5.32 Å². The Morgan fingerprint density at radius 3 is 1.91 bits per heavy atom. The first-order valence-corrected chi connectivity index (χ1v) is 4.33. The first kappa shape index (κ1) is 10.4. The zero-order valence-corrected chi connectivity index (χ0v) is 7.56. The van der Waals surface area contributed by atoms with E-state index in [0.29, 0.717) is 5.92 Å². The van der Waals surface area contributed by atoms with Crippen LogP contribution in [0.25, 0.3) is 0 Å². The molecule has 1 aliphatic carbocycles. The van der Waals surface area contributed by atoms with Crippen molar-refractivity contribution in [1.82, 2.24) is 5.32 Å². The third kappa shape index (κ3) is 5.87. The van der Waals surface area contributed by atoms with Gasteiger partial charge in [-0.2, -0.15) is 5.26 Å². The summed E-state index contributed by atoms with van der Waals surface area (Å²) in [5.41, 5.74) is 0. The smallest absolute Gasteiger partial charge is 0.0655 e. The Kier molecular flexibility index (Phi) is 7.18. The van der Waals surface area contributed by atoms with Gasteiger partial charge in [0.05, 0.1) is 6.07 Å². The van der Waals surface area contributed by atoms with E-state index in [2.05, 4.69) is 11.4 Å². The summed E-state index contributed by atoms with van der Waals surface area (Å²) in [6.07, 6.45) is 6.20. The fraction of sp³-hybridized carbons (Fsp3) is 0.889. The van der Waals surface area contributed by atoms with Crippen molar-refractivity contribution in [1.29, 1.82) is 5.26 Å². The van der Waals surface area contributed by atoms with Crippen molar-refractivity contribution in [3.8, 4) is 6.07 Å². The van der Waals surface area contributed by atoms with Crippen LogP contribution in [-0.2, 0) is 0 Å². The van der Waals surface area contributed by atoms with E-state index >= 15 is 0 Å². The zero-order valence-electron chi connectivity index (χ0n) is 7.56. The fourth-order valence-electron chi connectivity index (χ4n) is 1.23. The molecule has 0 aliphatic heterocycles. The molecule has 0 saturated heterocycles. The van der Waals surface area contributed by atoms with Gasteiger partial charge in [0.15, 0.2) is 0 Å². The fourth-order valence-corrected chi connectivity index (χ4v) is 1.23. The predicted molar refractivity (Wildman–Crippen MR) is 47.2 cm³/mol. The lowest BCUT2D eigenvalue weighted by atomic mass is 9.91. The summed E-state index contributed by atoms with van der Waals surface area (Å²) >= 11 is 0. The summed E-state index contributed by atoms with van der Waals surface area (Å²) in [6, 6.07) is 2.30. The molecule has 0 spiro atoms. The first-order chi connectivity index (χ1) is 5.35. The predicted octanol–water partition coefficient (Wildman–Crippen LogP) is 1.93. The van der Waals surface area contributed by atoms with Crippen molar-refractivity contribution >= 4 is 0 Å². The molecule has 1 saturated carbocycles. The molecule has 0 unspecified atom stereocenters. The van der Waals surface area contributed by atoms with Crippen molar-refractivity contribution in [2.75, 3.05) is 14.1 Å². The van der Waals surface area contributed by atoms with Crippen molar-refractivity contribution in [3.63, 3.8) is 0 Å². The molecule has 2 nitrogen and oxygen atoms in total. The molecule has 0 aromatic carbocycles. The van der Waals surface area contributed by atoms with E-state index in [1.165, 1.54) is 19.3 Å². The number of hydrogen-bond acceptors (Lipinski definition) is 2. The number of nitrogens with zero attached hydrogens (tertiary/aromatic N) is 1. The van der Waals surface area contributed by atoms with E-state index in [1.54, 1.807) is 0 Å². The highest BCUT2D eigenvalue weighted by Gasteiger charge is 2.10. The molecule has 1 aliphatic rings. The lowest BCUT2D eigenvalue weighted by Crippen LogP contribution is -2.02. The minimum Gasteiger partial charge on any atom is -0.323 e. The van der Waals surface area contributed by atoms with Crippen LogP contribution in [-0.4, -0.2) is 14.1 Å². The van der Waals surface area contributed by atoms with Crippen LogP contribution in [0.3, 0.4) is 0 Å². The van der Waals surface area contributed by atoms with E-state index in [1.807, 2.05) is 14.1 Å². The van der Waals surface area contributed by atoms with Crippen LogP contribution in [0.4, 0.5) is 0 Å². The van der Waals surface area contributed by atoms with Crippen LogP contribution in [0.15, 0.2) is 0 Å². The minimum absolute atomic E-state index is 0.392. The normalized spacial score (nSPS) is 17.9. The molecule has 0 aromatic heterocycles. The van der Waals surface area contributed by atoms with Gasteiger partial charge in [-0.25, -0.2) is 0 Å². The quantitative estimate of drug-likeness (QED) is 0.578. The largest absolute Gasteiger partial charge is 0.323 e. The molecule has 0 atom stereocenters. The van der Waals surface area contributed by atoms with Crippen LogP contribution in [0.2, 0.25) is 0 Å². The van der Waals surface area contributed by atoms with Gasteiger partial charge in [-0.05, 0) is 26.9 Å². The van der Waals surface area contributed by atoms with E-state index in [4.69, 9.17) is 5.26 Å². The number of nitriles is 1. The van der Waals surface area contributed by atoms with Gasteiger partial charge in [0.2, 0.25) is 0 Å². The molecule has 11 heavy (non-hydrogen) atoms. The van der Waals surface area contributed by atoms with Gasteiger partial charge in [-0.1, -0.05) is 19.3 Å². The highest BCUT2D eigenvalue weighted by atomic mass is 14.7. The highest BCUT2D eigenvalue weighted by molar-refractivity contribution is 4.84. The number of rotatable bonds is 0. The standard InChI is InChI=1S/C7H11N.C2H7N/c8-6-7-4-2-1-3-5-7;1-3-2/h7H,1-5H2;3H,1-2H3. The van der Waals surface area contributed by atoms with Crippen LogP contribution in [0.5, 0.6) is 0 Å². The van der Waals surface area contributed by atoms with Gasteiger partial charge in [0, 0.05) is 5.92 Å². The van der Waals surface area contributed by atoms with E-state index in [0.717, 1.165) is 12.8 Å². The summed E-state index contributed by atoms with van der Waals surface area (Å²) in [7, 11) is 3.75. The van der Waals surface area contributed by atoms with Crippen molar-refractivity contribution in [2.24, 2.45) is 5.92 Å². The second-order valence-corrected chi connectivity index (χ2v) is 2.96. The third-order valence-corrected chi connectivity index (χ3v) is 1.79. The van der Waals surface area contributed by atoms with E-state index in [9.17, 15) is 0 Å². The van der Waals surface area contributed by atoms with Gasteiger partial charge in [0.1, 0.15) is 0 Å². The molecule has 0 aromatic rings. The highest BCUT2D eigenvalue weighted by Crippen LogP contribution is 2.22. The van der Waals surface area contributed by atoms with Gasteiger partial charge in [-0.15, -0.1) is 0 Å². The molecule has 1 N–H and O–H groups in total. The molecule has 0 heterocycles. The van der Waals surface area contributed by atoms with Gasteiger partial charge >= 0.3 is 0 Å². The van der Waals surface area contributed by atoms with Crippen molar-refractivity contribution in [2.45, 2.75) is 32.1 Å². The van der Waals surface area contributed by atoms with E-state index in [-0.39, 0.29) is 0 Å². The second kappa shape index (κ2) is 7.56. The van der Waals surface area contributed by atoms with E-state index < -0.39 is 0 Å². The summed E-state index contributed by atoms with van der Waals surface area (Å²) in [5.74, 6) is 0.392. The summed E-state index contributed by atoms with van der Waals surface area (Å²) < 4.78 is 0. The molecule has 2 heteroatoms. The van der Waals surface area contributed by atoms with Crippen LogP contribution >= 0.6 is 0 Å². The maximum absolute atomic E-state index is 8.44. The molecule has 0 bridgehead atoms. The van der Waals surface area contributed by atoms with Crippen molar-refractivity contribution in [3.05, 3.63) is 0 Å². The Morgan fingerprint density at radius 1 is 1.18 bits per heavy atom. The van der Waals surface area contributed by atoms with Crippen molar-refractivity contribution < 1.29 is 0 Å². The van der Waals surface area contributed by atoms with Gasteiger partial charge in [-0.3, -0.25) is 0 Å². The maximum atomic E-state index is 8.44. The molecule has 1 fully saturated rings. The lowest BCUT2D eigenvalue weighted by molar-refractivity contribution is 0.427. The molecule has 0 amide bonds. The Morgan fingerprint density at radius 2 is 1.64 bits per heavy atom. The van der Waals surface area contributed by atoms with Crippen LogP contribution in [0.1, 0.15) is 32.1 Å². The molecular formula is C9H18N2. The second-order valence-electron chi connectivity index (χ2n) is 2.96. The van der Waals surface area contributed by atoms with Crippen LogP contribution < -0.4 is 5.32 Å². The average molecular weight is 154 g/mol. The lowest BCUT2D eigenvalue weighted by Gasteiger charge is -2.13. The number of nitrogens with one attached hydrogen (secondary N) is 1. The van der Waals surface area contributed by atoms with Gasteiger partial charge in [0.25, 0.3) is 0 Å². The third-order valence-electron chi connectivity index (χ3n) is 1.79. The van der Waals surface area contributed by atoms with Crippen LogP contribution in [0, 0.1) is 17.2 Å². The topological polar surface area (TPSA) is 35.8 Å². The molecule has 64 valence electrons. The monoisotopic (exact) mass is 154 g/mol. The summed E-state index contributed by atoms with van der Waals surface area (Å²) in [4.78, 5) is 0. The maximum Gasteiger partial charge on any atom is 0.0655 e. The Hall–Kier alpha value is -0.550. The molecule has 1 rings (SSSR count). The summed E-state index contributed by atoms with van der Waals surface area (Å²) in [5, 5.41) is 11.2. The zero-order chi connectivity index (χ0) is 8.53. The molecule has 0 radical (unpaired) electrons. The number of hydrogen-bond donors (Lipinski definition) is 1. The average Bonchev–Trinajstić information content (AvgIpc) is 2.08. The molecular weight excluding hydrogens is 136 g/mol. The summed E-state index contributed by atoms with van der Waals surface area (Å²) in [6.45, 7) is 0. The Balaban J connectivity index is 0.000000292. The first-order valence-electron chi connectivity index (χ1n) is 4.33. The SMILES string of the molecule is CNC.N#CC1CCCCC1. The Labute approximate surface area is 69.6 Å². The Bertz CT molecular complexity index is 109. The minimum atomic E-state index is 0.392.